The molecule has 0 saturated heterocycles. The van der Waals surface area contributed by atoms with Crippen LogP contribution < -0.4 is 50.8 Å². The van der Waals surface area contributed by atoms with Crippen molar-refractivity contribution >= 4 is 35.2 Å². The lowest BCUT2D eigenvalue weighted by molar-refractivity contribution is 0.331. The number of benzene rings is 2. The zero-order valence-electron chi connectivity index (χ0n) is 23.4. The normalized spacial score (nSPS) is 10.2. The van der Waals surface area contributed by atoms with Gasteiger partial charge in [0, 0.05) is 25.2 Å². The molecule has 0 saturated carbocycles. The van der Waals surface area contributed by atoms with E-state index < -0.39 is 11.9 Å². The van der Waals surface area contributed by atoms with Gasteiger partial charge in [-0.2, -0.15) is 0 Å². The molecule has 0 unspecified atom stereocenters. The quantitative estimate of drug-likeness (QED) is 0.133. The molecule has 0 aliphatic heterocycles. The molecule has 10 N–H and O–H groups in total. The molecule has 2 aromatic rings. The fourth-order valence-corrected chi connectivity index (χ4v) is 3.78. The van der Waals surface area contributed by atoms with Gasteiger partial charge >= 0.3 is 0 Å². The molecule has 2 aromatic carbocycles. The predicted molar refractivity (Wildman–Crippen MR) is 158 cm³/mol. The summed E-state index contributed by atoms with van der Waals surface area (Å²) in [6, 6.07) is 10.5. The summed E-state index contributed by atoms with van der Waals surface area (Å²) < 4.78 is 23.0. The summed E-state index contributed by atoms with van der Waals surface area (Å²) in [6.45, 7) is 9.26. The van der Waals surface area contributed by atoms with Gasteiger partial charge in [-0.3, -0.25) is 32.3 Å². The van der Waals surface area contributed by atoms with Crippen molar-refractivity contribution in [3.05, 3.63) is 36.4 Å². The molecule has 0 spiro atoms. The molecule has 2 rings (SSSR count). The number of anilines is 2. The number of hydrogen-bond acceptors (Lipinski definition) is 8. The van der Waals surface area contributed by atoms with E-state index >= 15 is 0 Å². The minimum atomic E-state index is -0.417. The van der Waals surface area contributed by atoms with Crippen LogP contribution in [0, 0.1) is 21.6 Å². The average molecular weight is 557 g/mol. The summed E-state index contributed by atoms with van der Waals surface area (Å²) in [7, 11) is 0. The molecule has 0 amide bonds. The number of nitrogens with zero attached hydrogens (tertiary/aromatic N) is 2. The Hall–Kier alpha value is -4.88. The topological polar surface area (TPSA) is 215 Å². The van der Waals surface area contributed by atoms with Gasteiger partial charge in [0.2, 0.25) is 11.9 Å². The van der Waals surface area contributed by atoms with E-state index in [2.05, 4.69) is 10.6 Å². The molecule has 0 aromatic heterocycles. The van der Waals surface area contributed by atoms with Crippen molar-refractivity contribution in [1.29, 1.82) is 21.6 Å². The van der Waals surface area contributed by atoms with E-state index in [1.54, 1.807) is 46.2 Å². The first-order chi connectivity index (χ1) is 19.1. The van der Waals surface area contributed by atoms with Crippen LogP contribution in [0.4, 0.5) is 11.4 Å². The van der Waals surface area contributed by atoms with E-state index in [9.17, 15) is 0 Å². The summed E-state index contributed by atoms with van der Waals surface area (Å²) in [5.74, 6) is 0.873. The Morgan fingerprint density at radius 3 is 1.27 bits per heavy atom. The van der Waals surface area contributed by atoms with Gasteiger partial charge in [0.1, 0.15) is 23.0 Å². The molecule has 0 bridgehead atoms. The first-order valence-corrected chi connectivity index (χ1v) is 12.9. The van der Waals surface area contributed by atoms with E-state index in [0.717, 1.165) is 0 Å². The minimum Gasteiger partial charge on any atom is -0.494 e. The van der Waals surface area contributed by atoms with E-state index in [1.807, 2.05) is 27.7 Å². The highest BCUT2D eigenvalue weighted by atomic mass is 16.5. The Morgan fingerprint density at radius 1 is 0.625 bits per heavy atom. The molecule has 14 nitrogen and oxygen atoms in total. The number of rotatable bonds is 13. The number of ether oxygens (including phenoxy) is 4. The predicted octanol–water partition coefficient (Wildman–Crippen LogP) is 2.43. The van der Waals surface area contributed by atoms with Crippen LogP contribution >= 0.6 is 0 Å². The van der Waals surface area contributed by atoms with Crippen LogP contribution in [0.15, 0.2) is 36.4 Å². The van der Waals surface area contributed by atoms with Crippen molar-refractivity contribution in [3.8, 4) is 23.0 Å². The Bertz CT molecular complexity index is 1100. The highest BCUT2D eigenvalue weighted by molar-refractivity contribution is 6.06. The van der Waals surface area contributed by atoms with Crippen LogP contribution in [0.2, 0.25) is 0 Å². The van der Waals surface area contributed by atoms with Gasteiger partial charge in [0.25, 0.3) is 0 Å². The van der Waals surface area contributed by atoms with E-state index in [4.69, 9.17) is 52.1 Å². The summed E-state index contributed by atoms with van der Waals surface area (Å²) in [6.07, 6.45) is 0. The average Bonchev–Trinajstić information content (AvgIpc) is 2.88. The van der Waals surface area contributed by atoms with Gasteiger partial charge in [-0.15, -0.1) is 0 Å². The highest BCUT2D eigenvalue weighted by Gasteiger charge is 2.24. The molecule has 14 heteroatoms. The number of nitrogens with one attached hydrogen (secondary N) is 6. The standard InChI is InChI=1S/C26H40N10O4/c1-5-37-17-9-11-21(39-7-3)19(15-17)35(25(31)33-23(27)28)13-14-36(26(32)34-24(29)30)20-16-18(38-6-2)10-12-22(20)40-8-4/h9-12,15-16H,5-8,13-14H2,1-4H3,(H5,27,28,31,33)(H5,29,30,32,34). The van der Waals surface area contributed by atoms with Crippen molar-refractivity contribution < 1.29 is 18.9 Å². The third kappa shape index (κ3) is 8.85. The van der Waals surface area contributed by atoms with Crippen molar-refractivity contribution in [1.82, 2.24) is 10.6 Å². The third-order valence-electron chi connectivity index (χ3n) is 5.26. The number of guanidine groups is 4. The van der Waals surface area contributed by atoms with Gasteiger partial charge in [-0.05, 0) is 52.0 Å². The van der Waals surface area contributed by atoms with E-state index in [1.165, 1.54) is 0 Å². The molecular weight excluding hydrogens is 516 g/mol. The van der Waals surface area contributed by atoms with Crippen molar-refractivity contribution in [2.75, 3.05) is 49.3 Å². The molecule has 40 heavy (non-hydrogen) atoms. The summed E-state index contributed by atoms with van der Waals surface area (Å²) in [5, 5.41) is 37.8. The van der Waals surface area contributed by atoms with Gasteiger partial charge in [-0.1, -0.05) is 0 Å². The largest absolute Gasteiger partial charge is 0.494 e. The second-order valence-electron chi connectivity index (χ2n) is 8.07. The van der Waals surface area contributed by atoms with Crippen LogP contribution in [0.1, 0.15) is 27.7 Å². The number of hydrogen-bond donors (Lipinski definition) is 8. The Morgan fingerprint density at radius 2 is 0.975 bits per heavy atom. The molecular formula is C26H40N10O4. The molecule has 218 valence electrons. The van der Waals surface area contributed by atoms with E-state index in [0.29, 0.717) is 60.8 Å². The van der Waals surface area contributed by atoms with Crippen molar-refractivity contribution in [2.24, 2.45) is 11.5 Å². The highest BCUT2D eigenvalue weighted by Crippen LogP contribution is 2.35. The molecule has 0 radical (unpaired) electrons. The summed E-state index contributed by atoms with van der Waals surface area (Å²) in [4.78, 5) is 3.10. The first kappa shape index (κ1) is 31.3. The van der Waals surface area contributed by atoms with Crippen LogP contribution in [0.5, 0.6) is 23.0 Å². The maximum atomic E-state index is 8.69. The molecule has 0 aliphatic rings. The van der Waals surface area contributed by atoms with Gasteiger partial charge in [-0.25, -0.2) is 0 Å². The Kier molecular flexibility index (Phi) is 12.2. The molecule has 0 heterocycles. The van der Waals surface area contributed by atoms with Crippen LogP contribution in [-0.2, 0) is 0 Å². The zero-order chi connectivity index (χ0) is 29.7. The fraction of sp³-hybridized carbons (Fsp3) is 0.385. The second kappa shape index (κ2) is 15.5. The monoisotopic (exact) mass is 556 g/mol. The zero-order valence-corrected chi connectivity index (χ0v) is 23.4. The summed E-state index contributed by atoms with van der Waals surface area (Å²) >= 11 is 0. The maximum Gasteiger partial charge on any atom is 0.202 e. The van der Waals surface area contributed by atoms with Crippen molar-refractivity contribution in [2.45, 2.75) is 27.7 Å². The molecule has 0 aliphatic carbocycles. The second-order valence-corrected chi connectivity index (χ2v) is 8.07. The van der Waals surface area contributed by atoms with Crippen LogP contribution in [0.25, 0.3) is 0 Å². The lowest BCUT2D eigenvalue weighted by atomic mass is 10.2. The van der Waals surface area contributed by atoms with Crippen LogP contribution in [-0.4, -0.2) is 63.4 Å². The Labute approximate surface area is 234 Å². The lowest BCUT2D eigenvalue weighted by Crippen LogP contribution is -2.52. The van der Waals surface area contributed by atoms with Gasteiger partial charge in [0.05, 0.1) is 37.8 Å². The lowest BCUT2D eigenvalue weighted by Gasteiger charge is -2.32. The van der Waals surface area contributed by atoms with Gasteiger partial charge in [0.15, 0.2) is 11.9 Å². The summed E-state index contributed by atoms with van der Waals surface area (Å²) in [5.41, 5.74) is 12.1. The van der Waals surface area contributed by atoms with Crippen molar-refractivity contribution in [3.63, 3.8) is 0 Å². The number of nitrogens with two attached hydrogens (primary N) is 2. The smallest absolute Gasteiger partial charge is 0.202 e. The minimum absolute atomic E-state index is 0.0984. The fourth-order valence-electron chi connectivity index (χ4n) is 3.78. The van der Waals surface area contributed by atoms with E-state index in [-0.39, 0.29) is 25.0 Å². The Balaban J connectivity index is 2.61. The molecule has 0 fully saturated rings. The first-order valence-electron chi connectivity index (χ1n) is 12.9. The van der Waals surface area contributed by atoms with Gasteiger partial charge < -0.3 is 40.2 Å². The maximum absolute atomic E-state index is 8.69. The third-order valence-corrected chi connectivity index (χ3v) is 5.26. The SMILES string of the molecule is CCOc1ccc(OCC)c(N(CCN(C(=N)NC(=N)N)c2cc(OCC)ccc2OCC)C(=N)NC(=N)N)c1. The molecule has 0 atom stereocenters. The van der Waals surface area contributed by atoms with Crippen LogP contribution in [0.3, 0.4) is 0 Å².